The smallest absolute Gasteiger partial charge is 0.173 e. The maximum absolute atomic E-state index is 6.08. The van der Waals surface area contributed by atoms with Gasteiger partial charge in [0, 0.05) is 41.2 Å². The number of aromatic nitrogens is 1. The minimum absolute atomic E-state index is 0.109. The monoisotopic (exact) mass is 396 g/mol. The van der Waals surface area contributed by atoms with Crippen LogP contribution in [0.4, 0.5) is 5.69 Å². The first-order chi connectivity index (χ1) is 11.9. The van der Waals surface area contributed by atoms with Gasteiger partial charge in [-0.25, -0.2) is 0 Å². The van der Waals surface area contributed by atoms with Crippen LogP contribution in [-0.4, -0.2) is 47.1 Å². The van der Waals surface area contributed by atoms with Gasteiger partial charge in [0.2, 0.25) is 0 Å². The van der Waals surface area contributed by atoms with Gasteiger partial charge >= 0.3 is 0 Å². The van der Waals surface area contributed by atoms with E-state index in [2.05, 4.69) is 27.0 Å². The number of halogens is 2. The Morgan fingerprint density at radius 2 is 1.72 bits per heavy atom. The van der Waals surface area contributed by atoms with E-state index < -0.39 is 0 Å². The molecule has 0 aliphatic carbocycles. The molecular weight excluding hydrogens is 375 g/mol. The van der Waals surface area contributed by atoms with Crippen molar-refractivity contribution in [1.29, 1.82) is 0 Å². The lowest BCUT2D eigenvalue weighted by Gasteiger charge is -2.33. The molecule has 0 fully saturated rings. The summed E-state index contributed by atoms with van der Waals surface area (Å²) in [4.78, 5) is 8.37. The Labute approximate surface area is 164 Å². The predicted molar refractivity (Wildman–Crippen MR) is 111 cm³/mol. The van der Waals surface area contributed by atoms with Gasteiger partial charge in [-0.3, -0.25) is 4.98 Å². The molecule has 0 radical (unpaired) electrons. The van der Waals surface area contributed by atoms with Gasteiger partial charge in [-0.05, 0) is 69.1 Å². The molecule has 2 rings (SSSR count). The fourth-order valence-corrected chi connectivity index (χ4v) is 3.32. The lowest BCUT2D eigenvalue weighted by molar-refractivity contribution is 0.289. The van der Waals surface area contributed by atoms with Crippen LogP contribution in [-0.2, 0) is 0 Å². The highest BCUT2D eigenvalue weighted by molar-refractivity contribution is 7.80. The molecule has 0 unspecified atom stereocenters. The van der Waals surface area contributed by atoms with Gasteiger partial charge in [-0.2, -0.15) is 0 Å². The Morgan fingerprint density at radius 1 is 1.12 bits per heavy atom. The quantitative estimate of drug-likeness (QED) is 0.714. The lowest BCUT2D eigenvalue weighted by Crippen LogP contribution is -2.40. The van der Waals surface area contributed by atoms with Crippen LogP contribution in [0.3, 0.4) is 0 Å². The number of likely N-dealkylation sites (N-methyl/N-ethyl adjacent to an activating group) is 1. The van der Waals surface area contributed by atoms with Crippen LogP contribution in [0.1, 0.15) is 18.5 Å². The first kappa shape index (κ1) is 19.9. The standard InChI is InChI=1S/C18H22Cl2N4S/c1-13(14-4-6-21-7-5-14)24(9-8-23(2)3)18(25)22-17-11-15(19)10-16(20)12-17/h4-7,10-13H,8-9H2,1-3H3,(H,22,25)/t13-/m1/s1. The van der Waals surface area contributed by atoms with Gasteiger partial charge in [-0.15, -0.1) is 0 Å². The van der Waals surface area contributed by atoms with E-state index in [-0.39, 0.29) is 6.04 Å². The third-order valence-corrected chi connectivity index (χ3v) is 4.59. The van der Waals surface area contributed by atoms with E-state index in [4.69, 9.17) is 35.4 Å². The van der Waals surface area contributed by atoms with Crippen molar-refractivity contribution in [2.45, 2.75) is 13.0 Å². The molecule has 1 N–H and O–H groups in total. The van der Waals surface area contributed by atoms with E-state index in [0.717, 1.165) is 24.3 Å². The molecule has 1 heterocycles. The van der Waals surface area contributed by atoms with E-state index in [0.29, 0.717) is 15.2 Å². The molecule has 0 aliphatic heterocycles. The summed E-state index contributed by atoms with van der Waals surface area (Å²) in [5, 5.41) is 5.02. The zero-order valence-corrected chi connectivity index (χ0v) is 16.9. The van der Waals surface area contributed by atoms with Crippen LogP contribution in [0, 0.1) is 0 Å². The van der Waals surface area contributed by atoms with Gasteiger partial charge in [0.25, 0.3) is 0 Å². The Balaban J connectivity index is 2.19. The SMILES string of the molecule is C[C@H](c1ccncc1)N(CCN(C)C)C(=S)Nc1cc(Cl)cc(Cl)c1. The van der Waals surface area contributed by atoms with Gasteiger partial charge in [0.15, 0.2) is 5.11 Å². The molecule has 0 spiro atoms. The summed E-state index contributed by atoms with van der Waals surface area (Å²) in [6.45, 7) is 3.80. The summed E-state index contributed by atoms with van der Waals surface area (Å²) in [6.07, 6.45) is 3.59. The Bertz CT molecular complexity index is 689. The third kappa shape index (κ3) is 6.12. The highest BCUT2D eigenvalue weighted by Gasteiger charge is 2.19. The maximum Gasteiger partial charge on any atom is 0.173 e. The van der Waals surface area contributed by atoms with Crippen molar-refractivity contribution in [3.05, 3.63) is 58.3 Å². The number of hydrogen-bond acceptors (Lipinski definition) is 3. The van der Waals surface area contributed by atoms with E-state index in [9.17, 15) is 0 Å². The number of rotatable bonds is 6. The van der Waals surface area contributed by atoms with E-state index in [1.54, 1.807) is 30.6 Å². The van der Waals surface area contributed by atoms with Crippen molar-refractivity contribution in [3.63, 3.8) is 0 Å². The Kier molecular flexibility index (Phi) is 7.44. The third-order valence-electron chi connectivity index (χ3n) is 3.82. The molecule has 7 heteroatoms. The fourth-order valence-electron chi connectivity index (χ4n) is 2.42. The summed E-state index contributed by atoms with van der Waals surface area (Å²) in [7, 11) is 4.09. The summed E-state index contributed by atoms with van der Waals surface area (Å²) in [5.74, 6) is 0. The molecule has 25 heavy (non-hydrogen) atoms. The molecular formula is C18H22Cl2N4S. The predicted octanol–water partition coefficient (Wildman–Crippen LogP) is 4.71. The average Bonchev–Trinajstić information content (AvgIpc) is 2.54. The first-order valence-electron chi connectivity index (χ1n) is 7.95. The van der Waals surface area contributed by atoms with Gasteiger partial charge in [-0.1, -0.05) is 23.2 Å². The highest BCUT2D eigenvalue weighted by atomic mass is 35.5. The van der Waals surface area contributed by atoms with Crippen molar-refractivity contribution in [2.24, 2.45) is 0 Å². The number of nitrogens with one attached hydrogen (secondary N) is 1. The van der Waals surface area contributed by atoms with Crippen LogP contribution >= 0.6 is 35.4 Å². The average molecular weight is 397 g/mol. The Hall–Kier alpha value is -1.40. The number of pyridine rings is 1. The van der Waals surface area contributed by atoms with Crippen molar-refractivity contribution < 1.29 is 0 Å². The molecule has 134 valence electrons. The van der Waals surface area contributed by atoms with Crippen LogP contribution in [0.25, 0.3) is 0 Å². The van der Waals surface area contributed by atoms with Crippen LogP contribution in [0.15, 0.2) is 42.7 Å². The first-order valence-corrected chi connectivity index (χ1v) is 9.11. The maximum atomic E-state index is 6.08. The van der Waals surface area contributed by atoms with Crippen molar-refractivity contribution >= 4 is 46.2 Å². The second-order valence-corrected chi connectivity index (χ2v) is 7.30. The number of hydrogen-bond donors (Lipinski definition) is 1. The summed E-state index contributed by atoms with van der Waals surface area (Å²) in [5.41, 5.74) is 1.93. The molecule has 1 atom stereocenters. The second-order valence-electron chi connectivity index (χ2n) is 6.04. The molecule has 1 aromatic carbocycles. The lowest BCUT2D eigenvalue weighted by atomic mass is 10.1. The summed E-state index contributed by atoms with van der Waals surface area (Å²) < 4.78 is 0. The largest absolute Gasteiger partial charge is 0.341 e. The number of nitrogens with zero attached hydrogens (tertiary/aromatic N) is 3. The fraction of sp³-hybridized carbons (Fsp3) is 0.333. The van der Waals surface area contributed by atoms with Gasteiger partial charge in [0.05, 0.1) is 6.04 Å². The minimum Gasteiger partial charge on any atom is -0.341 e. The Morgan fingerprint density at radius 3 is 2.28 bits per heavy atom. The molecule has 0 bridgehead atoms. The van der Waals surface area contributed by atoms with Crippen molar-refractivity contribution in [1.82, 2.24) is 14.8 Å². The molecule has 0 saturated carbocycles. The van der Waals surface area contributed by atoms with E-state index in [1.165, 1.54) is 0 Å². The van der Waals surface area contributed by atoms with Crippen LogP contribution in [0.2, 0.25) is 10.0 Å². The molecule has 0 saturated heterocycles. The van der Waals surface area contributed by atoms with Crippen LogP contribution < -0.4 is 5.32 Å². The molecule has 2 aromatic rings. The number of benzene rings is 1. The normalized spacial score (nSPS) is 12.1. The van der Waals surface area contributed by atoms with Gasteiger partial charge in [0.1, 0.15) is 0 Å². The number of thiocarbonyl (C=S) groups is 1. The zero-order valence-electron chi connectivity index (χ0n) is 14.5. The minimum atomic E-state index is 0.109. The topological polar surface area (TPSA) is 31.4 Å². The van der Waals surface area contributed by atoms with E-state index in [1.807, 2.05) is 26.2 Å². The molecule has 0 amide bonds. The van der Waals surface area contributed by atoms with E-state index >= 15 is 0 Å². The van der Waals surface area contributed by atoms with Crippen LogP contribution in [0.5, 0.6) is 0 Å². The molecule has 1 aromatic heterocycles. The highest BCUT2D eigenvalue weighted by Crippen LogP contribution is 2.25. The summed E-state index contributed by atoms with van der Waals surface area (Å²) in [6, 6.07) is 9.43. The zero-order chi connectivity index (χ0) is 18.4. The van der Waals surface area contributed by atoms with Crippen molar-refractivity contribution in [2.75, 3.05) is 32.5 Å². The second kappa shape index (κ2) is 9.34. The molecule has 0 aliphatic rings. The summed E-state index contributed by atoms with van der Waals surface area (Å²) >= 11 is 17.8. The number of anilines is 1. The molecule has 4 nitrogen and oxygen atoms in total. The van der Waals surface area contributed by atoms with Crippen molar-refractivity contribution in [3.8, 4) is 0 Å². The van der Waals surface area contributed by atoms with Gasteiger partial charge < -0.3 is 15.1 Å².